The van der Waals surface area contributed by atoms with Crippen LogP contribution in [0, 0.1) is 41.5 Å². The van der Waals surface area contributed by atoms with Crippen molar-refractivity contribution in [1.29, 1.82) is 0 Å². The maximum absolute atomic E-state index is 6.73. The summed E-state index contributed by atoms with van der Waals surface area (Å²) in [4.78, 5) is 18.2. The van der Waals surface area contributed by atoms with E-state index in [-0.39, 0.29) is 0 Å². The van der Waals surface area contributed by atoms with Crippen LogP contribution in [-0.2, 0) is 21.1 Å². The molecule has 3 aliphatic heterocycles. The molecule has 7 rings (SSSR count). The van der Waals surface area contributed by atoms with Crippen molar-refractivity contribution in [3.8, 4) is 0 Å². The lowest BCUT2D eigenvalue weighted by Gasteiger charge is -2.41. The van der Waals surface area contributed by atoms with Crippen molar-refractivity contribution in [3.63, 3.8) is 0 Å². The van der Waals surface area contributed by atoms with Crippen LogP contribution in [0.2, 0.25) is 0 Å². The number of hydrogen-bond donors (Lipinski definition) is 0. The fourth-order valence-electron chi connectivity index (χ4n) is 7.57. The Morgan fingerprint density at radius 3 is 1.23 bits per heavy atom. The van der Waals surface area contributed by atoms with E-state index < -0.39 is 11.4 Å². The fraction of sp³-hybridized carbons (Fsp3) is 0.297. The lowest BCUT2D eigenvalue weighted by atomic mass is 9.86. The molecule has 1 saturated heterocycles. The average Bonchev–Trinajstić information content (AvgIpc) is 3.46. The van der Waals surface area contributed by atoms with Crippen LogP contribution in [0.5, 0.6) is 0 Å². The highest BCUT2D eigenvalue weighted by Gasteiger charge is 2.62. The van der Waals surface area contributed by atoms with Gasteiger partial charge in [-0.1, -0.05) is 106 Å². The third-order valence-electron chi connectivity index (χ3n) is 9.23. The second-order valence-electron chi connectivity index (χ2n) is 12.3. The number of fused-ring (bicyclic) bond motifs is 2. The van der Waals surface area contributed by atoms with Crippen molar-refractivity contribution in [2.75, 3.05) is 13.1 Å². The molecule has 4 aromatic carbocycles. The molecular weight excluding hydrogens is 532 g/mol. The summed E-state index contributed by atoms with van der Waals surface area (Å²) in [6, 6.07) is 29.8. The number of amidine groups is 2. The molecule has 6 nitrogen and oxygen atoms in total. The number of rotatable bonds is 4. The Bertz CT molecular complexity index is 1600. The van der Waals surface area contributed by atoms with Crippen LogP contribution in [0.1, 0.15) is 62.1 Å². The molecule has 0 aliphatic carbocycles. The number of benzene rings is 4. The average molecular weight is 571 g/mol. The number of hydrogen-bond acceptors (Lipinski definition) is 6. The van der Waals surface area contributed by atoms with E-state index in [2.05, 4.69) is 124 Å². The Morgan fingerprint density at radius 2 is 0.884 bits per heavy atom. The molecule has 3 heterocycles. The molecule has 0 aromatic heterocycles. The van der Waals surface area contributed by atoms with Gasteiger partial charge in [-0.05, 0) is 63.8 Å². The normalized spacial score (nSPS) is 22.7. The quantitative estimate of drug-likeness (QED) is 0.258. The zero-order valence-corrected chi connectivity index (χ0v) is 25.8. The predicted molar refractivity (Wildman–Crippen MR) is 171 cm³/mol. The molecule has 43 heavy (non-hydrogen) atoms. The lowest BCUT2D eigenvalue weighted by Crippen LogP contribution is -2.51. The van der Waals surface area contributed by atoms with Crippen LogP contribution >= 0.6 is 0 Å². The molecule has 2 atom stereocenters. The summed E-state index contributed by atoms with van der Waals surface area (Å²) in [5.41, 5.74) is 9.74. The Kier molecular flexibility index (Phi) is 6.35. The summed E-state index contributed by atoms with van der Waals surface area (Å²) in [5, 5.41) is 9.75. The van der Waals surface area contributed by atoms with Gasteiger partial charge in [-0.25, -0.2) is 0 Å². The molecule has 6 heteroatoms. The molecule has 0 spiro atoms. The van der Waals surface area contributed by atoms with E-state index in [1.165, 1.54) is 33.4 Å². The third kappa shape index (κ3) is 4.15. The molecule has 4 aromatic rings. The monoisotopic (exact) mass is 570 g/mol. The van der Waals surface area contributed by atoms with E-state index in [1.807, 2.05) is 12.1 Å². The van der Waals surface area contributed by atoms with Gasteiger partial charge in [-0.15, -0.1) is 0 Å². The van der Waals surface area contributed by atoms with Gasteiger partial charge in [0, 0.05) is 35.3 Å². The minimum atomic E-state index is -0.909. The second kappa shape index (κ2) is 10.0. The van der Waals surface area contributed by atoms with E-state index in [4.69, 9.17) is 20.0 Å². The Labute approximate surface area is 254 Å². The molecule has 3 aliphatic rings. The van der Waals surface area contributed by atoms with Crippen molar-refractivity contribution >= 4 is 11.7 Å². The fourth-order valence-corrected chi connectivity index (χ4v) is 7.57. The third-order valence-corrected chi connectivity index (χ3v) is 9.23. The van der Waals surface area contributed by atoms with Crippen LogP contribution in [0.4, 0.5) is 0 Å². The first-order chi connectivity index (χ1) is 20.7. The van der Waals surface area contributed by atoms with E-state index in [0.717, 1.165) is 33.9 Å². The van der Waals surface area contributed by atoms with Gasteiger partial charge >= 0.3 is 0 Å². The van der Waals surface area contributed by atoms with Crippen molar-refractivity contribution in [2.45, 2.75) is 59.4 Å². The van der Waals surface area contributed by atoms with Gasteiger partial charge in [0.15, 0.2) is 11.7 Å². The molecule has 0 radical (unpaired) electrons. The van der Waals surface area contributed by atoms with Gasteiger partial charge in [0.2, 0.25) is 11.4 Å². The van der Waals surface area contributed by atoms with Crippen LogP contribution < -0.4 is 0 Å². The molecule has 218 valence electrons. The van der Waals surface area contributed by atoms with E-state index >= 15 is 0 Å². The molecule has 1 fully saturated rings. The topological polar surface area (TPSA) is 49.7 Å². The Hall–Kier alpha value is -4.58. The van der Waals surface area contributed by atoms with E-state index in [1.54, 1.807) is 0 Å². The van der Waals surface area contributed by atoms with Crippen molar-refractivity contribution in [1.82, 2.24) is 9.80 Å². The van der Waals surface area contributed by atoms with Gasteiger partial charge in [0.25, 0.3) is 0 Å². The van der Waals surface area contributed by atoms with Crippen molar-refractivity contribution < 1.29 is 9.68 Å². The molecule has 0 saturated carbocycles. The van der Waals surface area contributed by atoms with Gasteiger partial charge in [0.05, 0.1) is 6.42 Å². The summed E-state index contributed by atoms with van der Waals surface area (Å²) in [5.74, 6) is 1.73. The summed E-state index contributed by atoms with van der Waals surface area (Å²) in [7, 11) is 0. The molecule has 0 bridgehead atoms. The van der Waals surface area contributed by atoms with Crippen molar-refractivity contribution in [3.05, 3.63) is 141 Å². The predicted octanol–water partition coefficient (Wildman–Crippen LogP) is 7.33. The van der Waals surface area contributed by atoms with Crippen molar-refractivity contribution in [2.24, 2.45) is 10.3 Å². The zero-order chi connectivity index (χ0) is 29.9. The number of oxime groups is 2. The van der Waals surface area contributed by atoms with Crippen LogP contribution in [0.15, 0.2) is 95.2 Å². The van der Waals surface area contributed by atoms with E-state index in [0.29, 0.717) is 19.5 Å². The summed E-state index contributed by atoms with van der Waals surface area (Å²) >= 11 is 0. The van der Waals surface area contributed by atoms with E-state index in [9.17, 15) is 0 Å². The van der Waals surface area contributed by atoms with Gasteiger partial charge < -0.3 is 19.5 Å². The summed E-state index contributed by atoms with van der Waals surface area (Å²) < 4.78 is 0. The SMILES string of the molecule is Cc1cc(C)c(C2=NO[C@]3(c4ccccc4)C[C@@]4(c5ccccc5)ON=C(c5c(C)cc(C)cc5C)N4CCN23)c(C)c1. The molecule has 0 N–H and O–H groups in total. The maximum Gasteiger partial charge on any atom is 0.243 e. The highest BCUT2D eigenvalue weighted by molar-refractivity contribution is 6.04. The zero-order valence-electron chi connectivity index (χ0n) is 25.8. The molecule has 0 amide bonds. The van der Waals surface area contributed by atoms with Gasteiger partial charge in [-0.2, -0.15) is 0 Å². The lowest BCUT2D eigenvalue weighted by molar-refractivity contribution is -0.182. The maximum atomic E-state index is 6.73. The first kappa shape index (κ1) is 27.3. The Morgan fingerprint density at radius 1 is 0.535 bits per heavy atom. The van der Waals surface area contributed by atoms with Gasteiger partial charge in [-0.3, -0.25) is 0 Å². The van der Waals surface area contributed by atoms with Gasteiger partial charge in [0.1, 0.15) is 0 Å². The molecule has 0 unspecified atom stereocenters. The standard InChI is InChI=1S/C37H38N4O2/c1-24-19-26(3)32(27(4)20-24)34-38-42-36(30-13-9-7-10-14-30)23-37(31-15-11-8-12-16-31)41(18-17-40(34)36)35(39-43-37)33-28(5)21-25(2)22-29(33)6/h7-16,19-22H,17-18,23H2,1-6H3/t36-,37-/m0/s1. The summed E-state index contributed by atoms with van der Waals surface area (Å²) in [6.45, 7) is 14.3. The van der Waals surface area contributed by atoms with Crippen LogP contribution in [0.25, 0.3) is 0 Å². The first-order valence-electron chi connectivity index (χ1n) is 15.1. The first-order valence-corrected chi connectivity index (χ1v) is 15.1. The summed E-state index contributed by atoms with van der Waals surface area (Å²) in [6.07, 6.45) is 0.460. The largest absolute Gasteiger partial charge is 0.360 e. The number of nitrogens with zero attached hydrogens (tertiary/aromatic N) is 4. The van der Waals surface area contributed by atoms with Crippen LogP contribution in [0.3, 0.4) is 0 Å². The molecular formula is C37H38N4O2. The highest BCUT2D eigenvalue weighted by Crippen LogP contribution is 2.52. The minimum Gasteiger partial charge on any atom is -0.360 e. The highest BCUT2D eigenvalue weighted by atomic mass is 16.7. The second-order valence-corrected chi connectivity index (χ2v) is 12.3. The minimum absolute atomic E-state index is 0.460. The number of aryl methyl sites for hydroxylation is 6. The Balaban J connectivity index is 1.43. The van der Waals surface area contributed by atoms with Crippen LogP contribution in [-0.4, -0.2) is 34.6 Å². The smallest absolute Gasteiger partial charge is 0.243 e.